The van der Waals surface area contributed by atoms with Crippen molar-refractivity contribution in [3.8, 4) is 0 Å². The fraction of sp³-hybridized carbons (Fsp3) is 0.444. The summed E-state index contributed by atoms with van der Waals surface area (Å²) in [4.78, 5) is 14.8. The Hall–Kier alpha value is -1.81. The molecular weight excluding hydrogens is 310 g/mol. The fourth-order valence-corrected chi connectivity index (χ4v) is 3.25. The zero-order chi connectivity index (χ0) is 16.6. The van der Waals surface area contributed by atoms with Gasteiger partial charge in [0.2, 0.25) is 5.91 Å². The molecule has 0 aliphatic heterocycles. The molecule has 1 aromatic heterocycles. The topological polar surface area (TPSA) is 38.1 Å². The molecule has 2 unspecified atom stereocenters. The highest BCUT2D eigenvalue weighted by atomic mass is 35.5. The van der Waals surface area contributed by atoms with E-state index in [-0.39, 0.29) is 17.9 Å². The lowest BCUT2D eigenvalue weighted by atomic mass is 10.1. The normalized spacial score (nSPS) is 19.9. The van der Waals surface area contributed by atoms with E-state index in [1.54, 1.807) is 4.68 Å². The second kappa shape index (κ2) is 6.36. The standard InChI is InChI=1S/C18H22ClN3O/c1-12(2)22(11-13-9-20-21(3)10-13)18(23)17-8-16(17)14-5-4-6-15(19)7-14/h4-7,9-10,12,16-17H,8,11H2,1-3H3. The van der Waals surface area contributed by atoms with Crippen molar-refractivity contribution in [3.05, 3.63) is 52.8 Å². The number of aromatic nitrogens is 2. The predicted molar refractivity (Wildman–Crippen MR) is 91.2 cm³/mol. The molecule has 0 radical (unpaired) electrons. The van der Waals surface area contributed by atoms with Crippen molar-refractivity contribution in [1.29, 1.82) is 0 Å². The van der Waals surface area contributed by atoms with E-state index >= 15 is 0 Å². The molecule has 1 fully saturated rings. The molecule has 23 heavy (non-hydrogen) atoms. The Bertz CT molecular complexity index is 710. The molecule has 3 rings (SSSR count). The summed E-state index contributed by atoms with van der Waals surface area (Å²) in [5, 5.41) is 4.92. The van der Waals surface area contributed by atoms with Crippen LogP contribution in [0.2, 0.25) is 5.02 Å². The minimum absolute atomic E-state index is 0.0764. The Morgan fingerprint density at radius 3 is 2.87 bits per heavy atom. The monoisotopic (exact) mass is 331 g/mol. The molecule has 0 saturated heterocycles. The van der Waals surface area contributed by atoms with Crippen molar-refractivity contribution in [2.45, 2.75) is 38.8 Å². The van der Waals surface area contributed by atoms with Gasteiger partial charge in [0, 0.05) is 42.3 Å². The summed E-state index contributed by atoms with van der Waals surface area (Å²) in [6, 6.07) is 8.02. The van der Waals surface area contributed by atoms with Gasteiger partial charge in [0.05, 0.1) is 6.20 Å². The van der Waals surface area contributed by atoms with E-state index in [9.17, 15) is 4.79 Å². The number of amides is 1. The van der Waals surface area contributed by atoms with Gasteiger partial charge in [0.15, 0.2) is 0 Å². The maximum atomic E-state index is 12.9. The first-order valence-corrected chi connectivity index (χ1v) is 8.37. The lowest BCUT2D eigenvalue weighted by Gasteiger charge is -2.26. The molecule has 1 aromatic carbocycles. The molecular formula is C18H22ClN3O. The van der Waals surface area contributed by atoms with E-state index in [1.165, 1.54) is 5.56 Å². The van der Waals surface area contributed by atoms with Gasteiger partial charge in [-0.1, -0.05) is 23.7 Å². The number of carbonyl (C=O) groups excluding carboxylic acids is 1. The molecule has 0 spiro atoms. The summed E-state index contributed by atoms with van der Waals surface area (Å²) in [6.45, 7) is 4.74. The van der Waals surface area contributed by atoms with Crippen molar-refractivity contribution in [3.63, 3.8) is 0 Å². The molecule has 2 aromatic rings. The first-order valence-electron chi connectivity index (χ1n) is 7.99. The van der Waals surface area contributed by atoms with E-state index in [1.807, 2.05) is 42.5 Å². The van der Waals surface area contributed by atoms with E-state index in [0.717, 1.165) is 17.0 Å². The Balaban J connectivity index is 1.70. The molecule has 2 atom stereocenters. The molecule has 1 aliphatic rings. The lowest BCUT2D eigenvalue weighted by Crippen LogP contribution is -2.37. The lowest BCUT2D eigenvalue weighted by molar-refractivity contribution is -0.135. The van der Waals surface area contributed by atoms with Crippen LogP contribution in [0.25, 0.3) is 0 Å². The van der Waals surface area contributed by atoms with Crippen LogP contribution in [-0.4, -0.2) is 26.6 Å². The number of benzene rings is 1. The average molecular weight is 332 g/mol. The zero-order valence-corrected chi connectivity index (χ0v) is 14.5. The summed E-state index contributed by atoms with van der Waals surface area (Å²) in [6.07, 6.45) is 4.70. The van der Waals surface area contributed by atoms with Crippen LogP contribution in [0.1, 0.15) is 37.3 Å². The Morgan fingerprint density at radius 2 is 2.26 bits per heavy atom. The second-order valence-corrected chi connectivity index (χ2v) is 7.02. The molecule has 1 amide bonds. The second-order valence-electron chi connectivity index (χ2n) is 6.59. The smallest absolute Gasteiger partial charge is 0.226 e. The van der Waals surface area contributed by atoms with Crippen LogP contribution in [0.3, 0.4) is 0 Å². The van der Waals surface area contributed by atoms with Crippen LogP contribution in [0.15, 0.2) is 36.7 Å². The number of hydrogen-bond acceptors (Lipinski definition) is 2. The largest absolute Gasteiger partial charge is 0.336 e. The van der Waals surface area contributed by atoms with Gasteiger partial charge in [-0.3, -0.25) is 9.48 Å². The summed E-state index contributed by atoms with van der Waals surface area (Å²) in [5.74, 6) is 0.609. The average Bonchev–Trinajstić information content (AvgIpc) is 3.20. The van der Waals surface area contributed by atoms with Gasteiger partial charge in [0.1, 0.15) is 0 Å². The molecule has 0 bridgehead atoms. The van der Waals surface area contributed by atoms with Gasteiger partial charge in [-0.15, -0.1) is 0 Å². The molecule has 1 heterocycles. The van der Waals surface area contributed by atoms with Crippen molar-refractivity contribution in [1.82, 2.24) is 14.7 Å². The van der Waals surface area contributed by atoms with E-state index in [0.29, 0.717) is 12.5 Å². The summed E-state index contributed by atoms with van der Waals surface area (Å²) < 4.78 is 1.77. The third kappa shape index (κ3) is 3.58. The number of aryl methyl sites for hydroxylation is 1. The minimum atomic E-state index is 0.0764. The van der Waals surface area contributed by atoms with E-state index in [2.05, 4.69) is 25.0 Å². The quantitative estimate of drug-likeness (QED) is 0.839. The number of halogens is 1. The molecule has 0 N–H and O–H groups in total. The van der Waals surface area contributed by atoms with Crippen LogP contribution in [-0.2, 0) is 18.4 Å². The van der Waals surface area contributed by atoms with Gasteiger partial charge in [-0.05, 0) is 43.9 Å². The number of nitrogens with zero attached hydrogens (tertiary/aromatic N) is 3. The van der Waals surface area contributed by atoms with Crippen LogP contribution in [0.4, 0.5) is 0 Å². The van der Waals surface area contributed by atoms with E-state index in [4.69, 9.17) is 11.6 Å². The summed E-state index contributed by atoms with van der Waals surface area (Å²) in [5.41, 5.74) is 2.23. The maximum Gasteiger partial charge on any atom is 0.226 e. The molecule has 122 valence electrons. The first-order chi connectivity index (χ1) is 11.0. The summed E-state index contributed by atoms with van der Waals surface area (Å²) in [7, 11) is 1.89. The minimum Gasteiger partial charge on any atom is -0.336 e. The third-order valence-electron chi connectivity index (χ3n) is 4.40. The van der Waals surface area contributed by atoms with Crippen molar-refractivity contribution >= 4 is 17.5 Å². The molecule has 1 aliphatic carbocycles. The van der Waals surface area contributed by atoms with Crippen LogP contribution in [0, 0.1) is 5.92 Å². The molecule has 4 nitrogen and oxygen atoms in total. The van der Waals surface area contributed by atoms with Gasteiger partial charge in [0.25, 0.3) is 0 Å². The van der Waals surface area contributed by atoms with Gasteiger partial charge in [-0.2, -0.15) is 5.10 Å². The van der Waals surface area contributed by atoms with Gasteiger partial charge in [-0.25, -0.2) is 0 Å². The Morgan fingerprint density at radius 1 is 1.48 bits per heavy atom. The molecule has 5 heteroatoms. The van der Waals surface area contributed by atoms with Gasteiger partial charge >= 0.3 is 0 Å². The zero-order valence-electron chi connectivity index (χ0n) is 13.7. The number of carbonyl (C=O) groups is 1. The Labute approximate surface area is 142 Å². The van der Waals surface area contributed by atoms with Crippen LogP contribution >= 0.6 is 11.6 Å². The highest BCUT2D eigenvalue weighted by Crippen LogP contribution is 2.49. The van der Waals surface area contributed by atoms with Crippen molar-refractivity contribution in [2.24, 2.45) is 13.0 Å². The highest BCUT2D eigenvalue weighted by Gasteiger charge is 2.46. The van der Waals surface area contributed by atoms with Crippen molar-refractivity contribution in [2.75, 3.05) is 0 Å². The number of rotatable bonds is 5. The van der Waals surface area contributed by atoms with E-state index < -0.39 is 0 Å². The maximum absolute atomic E-state index is 12.9. The molecule has 1 saturated carbocycles. The van der Waals surface area contributed by atoms with Crippen LogP contribution < -0.4 is 0 Å². The fourth-order valence-electron chi connectivity index (χ4n) is 3.05. The number of hydrogen-bond donors (Lipinski definition) is 0. The highest BCUT2D eigenvalue weighted by molar-refractivity contribution is 6.30. The predicted octanol–water partition coefficient (Wildman–Crippen LogP) is 3.61. The first kappa shape index (κ1) is 16.1. The van der Waals surface area contributed by atoms with Crippen molar-refractivity contribution < 1.29 is 4.79 Å². The SMILES string of the molecule is CC(C)N(Cc1cnn(C)c1)C(=O)C1CC1c1cccc(Cl)c1. The third-order valence-corrected chi connectivity index (χ3v) is 4.64. The Kier molecular flexibility index (Phi) is 4.44. The van der Waals surface area contributed by atoms with Crippen LogP contribution in [0.5, 0.6) is 0 Å². The van der Waals surface area contributed by atoms with Gasteiger partial charge < -0.3 is 4.90 Å². The summed E-state index contributed by atoms with van der Waals surface area (Å²) >= 11 is 6.06.